The summed E-state index contributed by atoms with van der Waals surface area (Å²) in [6.45, 7) is 8.47. The minimum Gasteiger partial charge on any atom is -0.356 e. The summed E-state index contributed by atoms with van der Waals surface area (Å²) in [5.74, 6) is 0.838. The van der Waals surface area contributed by atoms with Crippen LogP contribution in [-0.2, 0) is 6.54 Å². The van der Waals surface area contributed by atoms with Gasteiger partial charge in [0.05, 0.1) is 12.2 Å². The average molecular weight is 357 g/mol. The molecule has 2 N–H and O–H groups in total. The van der Waals surface area contributed by atoms with Crippen LogP contribution >= 0.6 is 0 Å². The van der Waals surface area contributed by atoms with Crippen molar-refractivity contribution in [2.24, 2.45) is 4.99 Å². The van der Waals surface area contributed by atoms with E-state index in [0.717, 1.165) is 42.9 Å². The summed E-state index contributed by atoms with van der Waals surface area (Å²) in [5.41, 5.74) is 3.19. The Morgan fingerprint density at radius 2 is 2.19 bits per heavy atom. The number of guanidine groups is 1. The van der Waals surface area contributed by atoms with E-state index < -0.39 is 0 Å². The Kier molecular flexibility index (Phi) is 6.50. The predicted molar refractivity (Wildman–Crippen MR) is 108 cm³/mol. The number of rotatable bonds is 6. The quantitative estimate of drug-likeness (QED) is 0.474. The Bertz CT molecular complexity index is 735. The van der Waals surface area contributed by atoms with Gasteiger partial charge in [-0.3, -0.25) is 4.99 Å². The number of pyridine rings is 1. The van der Waals surface area contributed by atoms with Crippen LogP contribution in [0.3, 0.4) is 0 Å². The lowest BCUT2D eigenvalue weighted by Gasteiger charge is -2.33. The van der Waals surface area contributed by atoms with E-state index in [4.69, 9.17) is 0 Å². The molecule has 3 heterocycles. The van der Waals surface area contributed by atoms with Crippen LogP contribution in [0.15, 0.2) is 29.4 Å². The van der Waals surface area contributed by atoms with Crippen molar-refractivity contribution < 1.29 is 0 Å². The second kappa shape index (κ2) is 9.03. The summed E-state index contributed by atoms with van der Waals surface area (Å²) in [6, 6.07) is 6.90. The van der Waals surface area contributed by atoms with Gasteiger partial charge in [-0.05, 0) is 51.8 Å². The van der Waals surface area contributed by atoms with Gasteiger partial charge >= 0.3 is 0 Å². The van der Waals surface area contributed by atoms with E-state index in [9.17, 15) is 0 Å². The van der Waals surface area contributed by atoms with Crippen LogP contribution in [-0.4, -0.2) is 53.0 Å². The highest BCUT2D eigenvalue weighted by atomic mass is 15.2. The van der Waals surface area contributed by atoms with Crippen molar-refractivity contribution in [3.63, 3.8) is 0 Å². The molecule has 0 aliphatic carbocycles. The van der Waals surface area contributed by atoms with E-state index in [1.165, 1.54) is 31.5 Å². The predicted octanol–water partition coefficient (Wildman–Crippen LogP) is 2.57. The van der Waals surface area contributed by atoms with Gasteiger partial charge in [0.25, 0.3) is 0 Å². The molecule has 0 bridgehead atoms. The second-order valence-corrected chi connectivity index (χ2v) is 7.21. The molecule has 6 nitrogen and oxygen atoms in total. The first-order chi connectivity index (χ1) is 12.7. The summed E-state index contributed by atoms with van der Waals surface area (Å²) in [6.07, 6.45) is 7.30. The maximum absolute atomic E-state index is 4.66. The van der Waals surface area contributed by atoms with Gasteiger partial charge < -0.3 is 19.9 Å². The van der Waals surface area contributed by atoms with Crippen molar-refractivity contribution in [3.8, 4) is 0 Å². The lowest BCUT2D eigenvalue weighted by Crippen LogP contribution is -2.41. The third-order valence-corrected chi connectivity index (χ3v) is 5.26. The van der Waals surface area contributed by atoms with E-state index in [2.05, 4.69) is 56.0 Å². The number of hydrogen-bond donors (Lipinski definition) is 2. The van der Waals surface area contributed by atoms with Crippen molar-refractivity contribution in [1.82, 2.24) is 24.9 Å². The molecule has 1 aliphatic rings. The molecule has 0 aromatic carbocycles. The van der Waals surface area contributed by atoms with Gasteiger partial charge in [0.15, 0.2) is 5.96 Å². The molecule has 1 atom stereocenters. The first kappa shape index (κ1) is 18.7. The van der Waals surface area contributed by atoms with Gasteiger partial charge in [0, 0.05) is 38.1 Å². The number of aliphatic imine (C=N–C) groups is 1. The van der Waals surface area contributed by atoms with Crippen LogP contribution in [0.2, 0.25) is 0 Å². The lowest BCUT2D eigenvalue weighted by atomic mass is 10.0. The van der Waals surface area contributed by atoms with Crippen molar-refractivity contribution in [1.29, 1.82) is 0 Å². The summed E-state index contributed by atoms with van der Waals surface area (Å²) >= 11 is 0. The average Bonchev–Trinajstić information content (AvgIpc) is 3.07. The zero-order valence-electron chi connectivity index (χ0n) is 16.3. The van der Waals surface area contributed by atoms with Gasteiger partial charge in [-0.15, -0.1) is 0 Å². The fourth-order valence-corrected chi connectivity index (χ4v) is 3.66. The zero-order chi connectivity index (χ0) is 18.4. The number of aromatic nitrogens is 2. The van der Waals surface area contributed by atoms with E-state index in [1.54, 1.807) is 0 Å². The molecule has 0 spiro atoms. The Hall–Kier alpha value is -2.08. The largest absolute Gasteiger partial charge is 0.356 e. The standard InChI is InChI=1S/C20H32N6/c1-16-8-4-5-12-25(16)13-7-11-22-20(21-3)23-14-18-15-26-17(2)9-6-10-19(26)24-18/h6,9-10,15-16H,4-5,7-8,11-14H2,1-3H3,(H2,21,22,23). The van der Waals surface area contributed by atoms with Crippen molar-refractivity contribution in [2.45, 2.75) is 52.1 Å². The van der Waals surface area contributed by atoms with Crippen molar-refractivity contribution in [2.75, 3.05) is 26.7 Å². The Labute approximate surface area is 156 Å². The molecule has 26 heavy (non-hydrogen) atoms. The molecule has 0 amide bonds. The minimum absolute atomic E-state index is 0.671. The van der Waals surface area contributed by atoms with Crippen LogP contribution in [0.5, 0.6) is 0 Å². The Morgan fingerprint density at radius 3 is 2.96 bits per heavy atom. The van der Waals surface area contributed by atoms with Crippen LogP contribution in [0, 0.1) is 6.92 Å². The SMILES string of the molecule is CN=C(NCCCN1CCCCC1C)NCc1cn2c(C)cccc2n1. The smallest absolute Gasteiger partial charge is 0.191 e. The molecule has 2 aromatic rings. The highest BCUT2D eigenvalue weighted by Gasteiger charge is 2.17. The molecular weight excluding hydrogens is 324 g/mol. The molecule has 1 fully saturated rings. The summed E-state index contributed by atoms with van der Waals surface area (Å²) < 4.78 is 2.12. The Morgan fingerprint density at radius 1 is 1.31 bits per heavy atom. The van der Waals surface area contributed by atoms with Gasteiger partial charge in [0.1, 0.15) is 5.65 Å². The molecule has 1 unspecified atom stereocenters. The number of piperidine rings is 1. The first-order valence-electron chi connectivity index (χ1n) is 9.79. The normalized spacial score (nSPS) is 19.0. The molecule has 0 saturated carbocycles. The van der Waals surface area contributed by atoms with Crippen LogP contribution in [0.25, 0.3) is 5.65 Å². The second-order valence-electron chi connectivity index (χ2n) is 7.21. The van der Waals surface area contributed by atoms with E-state index in [-0.39, 0.29) is 0 Å². The van der Waals surface area contributed by atoms with Crippen molar-refractivity contribution in [3.05, 3.63) is 35.8 Å². The molecule has 142 valence electrons. The molecule has 6 heteroatoms. The summed E-state index contributed by atoms with van der Waals surface area (Å²) in [7, 11) is 1.82. The fraction of sp³-hybridized carbons (Fsp3) is 0.600. The first-order valence-corrected chi connectivity index (χ1v) is 9.79. The zero-order valence-corrected chi connectivity index (χ0v) is 16.3. The number of likely N-dealkylation sites (tertiary alicyclic amines) is 1. The molecule has 1 aliphatic heterocycles. The maximum atomic E-state index is 4.66. The maximum Gasteiger partial charge on any atom is 0.191 e. The highest BCUT2D eigenvalue weighted by Crippen LogP contribution is 2.16. The monoisotopic (exact) mass is 356 g/mol. The number of nitrogens with zero attached hydrogens (tertiary/aromatic N) is 4. The minimum atomic E-state index is 0.671. The lowest BCUT2D eigenvalue weighted by molar-refractivity contribution is 0.159. The van der Waals surface area contributed by atoms with Gasteiger partial charge in [-0.2, -0.15) is 0 Å². The molecule has 1 saturated heterocycles. The van der Waals surface area contributed by atoms with E-state index in [0.29, 0.717) is 6.54 Å². The summed E-state index contributed by atoms with van der Waals surface area (Å²) in [5, 5.41) is 6.78. The van der Waals surface area contributed by atoms with Gasteiger partial charge in [-0.25, -0.2) is 4.98 Å². The number of nitrogens with one attached hydrogen (secondary N) is 2. The van der Waals surface area contributed by atoms with E-state index in [1.807, 2.05) is 19.2 Å². The number of imidazole rings is 1. The number of hydrogen-bond acceptors (Lipinski definition) is 3. The third kappa shape index (κ3) is 4.75. The third-order valence-electron chi connectivity index (χ3n) is 5.26. The van der Waals surface area contributed by atoms with Gasteiger partial charge in [-0.1, -0.05) is 12.5 Å². The van der Waals surface area contributed by atoms with Crippen LogP contribution < -0.4 is 10.6 Å². The fourth-order valence-electron chi connectivity index (χ4n) is 3.66. The van der Waals surface area contributed by atoms with E-state index >= 15 is 0 Å². The number of fused-ring (bicyclic) bond motifs is 1. The molecule has 0 radical (unpaired) electrons. The molecule has 2 aromatic heterocycles. The molecular formula is C20H32N6. The summed E-state index contributed by atoms with van der Waals surface area (Å²) in [4.78, 5) is 11.6. The van der Waals surface area contributed by atoms with Crippen LogP contribution in [0.1, 0.15) is 44.0 Å². The van der Waals surface area contributed by atoms with Crippen LogP contribution in [0.4, 0.5) is 0 Å². The van der Waals surface area contributed by atoms with Gasteiger partial charge in [0.2, 0.25) is 0 Å². The topological polar surface area (TPSA) is 57.0 Å². The highest BCUT2D eigenvalue weighted by molar-refractivity contribution is 5.79. The Balaban J connectivity index is 1.42. The molecule has 3 rings (SSSR count). The van der Waals surface area contributed by atoms with Crippen molar-refractivity contribution >= 4 is 11.6 Å². The number of aryl methyl sites for hydroxylation is 1.